The van der Waals surface area contributed by atoms with Gasteiger partial charge >= 0.3 is 0 Å². The first-order valence-electron chi connectivity index (χ1n) is 6.81. The summed E-state index contributed by atoms with van der Waals surface area (Å²) < 4.78 is 14.3. The van der Waals surface area contributed by atoms with Crippen LogP contribution in [0.2, 0.25) is 0 Å². The predicted octanol–water partition coefficient (Wildman–Crippen LogP) is 2.88. The van der Waals surface area contributed by atoms with Crippen molar-refractivity contribution in [3.63, 3.8) is 0 Å². The number of thiocarbonyl (C=S) groups is 1. The van der Waals surface area contributed by atoms with Crippen molar-refractivity contribution in [3.05, 3.63) is 65.2 Å². The van der Waals surface area contributed by atoms with Crippen LogP contribution in [-0.2, 0) is 13.1 Å². The highest BCUT2D eigenvalue weighted by atomic mass is 32.1. The van der Waals surface area contributed by atoms with Gasteiger partial charge in [-0.05, 0) is 24.7 Å². The summed E-state index contributed by atoms with van der Waals surface area (Å²) in [5.74, 6) is -0.329. The molecule has 2 N–H and O–H groups in total. The Morgan fingerprint density at radius 1 is 1.24 bits per heavy atom. The van der Waals surface area contributed by atoms with Crippen molar-refractivity contribution in [2.75, 3.05) is 6.54 Å². The fourth-order valence-electron chi connectivity index (χ4n) is 2.13. The van der Waals surface area contributed by atoms with E-state index >= 15 is 0 Å². The smallest absolute Gasteiger partial charge is 0.137 e. The molecule has 0 radical (unpaired) electrons. The van der Waals surface area contributed by atoms with Crippen LogP contribution in [-0.4, -0.2) is 21.4 Å². The summed E-state index contributed by atoms with van der Waals surface area (Å²) in [7, 11) is 0. The third kappa shape index (κ3) is 4.06. The van der Waals surface area contributed by atoms with Gasteiger partial charge in [0.05, 0.1) is 5.69 Å². The molecule has 0 aliphatic rings. The molecule has 3 nitrogen and oxygen atoms in total. The number of pyridine rings is 1. The quantitative estimate of drug-likeness (QED) is 0.833. The van der Waals surface area contributed by atoms with E-state index in [2.05, 4.69) is 9.88 Å². The normalized spacial score (nSPS) is 10.8. The van der Waals surface area contributed by atoms with Gasteiger partial charge in [-0.25, -0.2) is 4.39 Å². The Morgan fingerprint density at radius 2 is 2.05 bits per heavy atom. The highest BCUT2D eigenvalue weighted by molar-refractivity contribution is 7.80. The van der Waals surface area contributed by atoms with Crippen LogP contribution in [0.15, 0.2) is 42.6 Å². The van der Waals surface area contributed by atoms with Crippen LogP contribution in [0.4, 0.5) is 4.39 Å². The van der Waals surface area contributed by atoms with Crippen molar-refractivity contribution in [3.8, 4) is 0 Å². The number of benzene rings is 1. The minimum absolute atomic E-state index is 0.0853. The molecule has 0 aliphatic carbocycles. The van der Waals surface area contributed by atoms with E-state index in [0.717, 1.165) is 12.2 Å². The topological polar surface area (TPSA) is 42.2 Å². The van der Waals surface area contributed by atoms with E-state index in [1.165, 1.54) is 0 Å². The first-order chi connectivity index (χ1) is 10.1. The highest BCUT2D eigenvalue weighted by Gasteiger charge is 2.13. The molecule has 0 saturated carbocycles. The monoisotopic (exact) mass is 303 g/mol. The SMILES string of the molecule is CCN(Cc1ccccn1)Cc1cccc(C(N)=S)c1F. The summed E-state index contributed by atoms with van der Waals surface area (Å²) in [6, 6.07) is 10.9. The van der Waals surface area contributed by atoms with Crippen LogP contribution in [0.25, 0.3) is 0 Å². The first kappa shape index (κ1) is 15.5. The first-order valence-corrected chi connectivity index (χ1v) is 7.22. The molecule has 0 aliphatic heterocycles. The standard InChI is InChI=1S/C16H18FN3S/c1-2-20(11-13-7-3-4-9-19-13)10-12-6-5-8-14(15(12)17)16(18)21/h3-9H,2,10-11H2,1H3,(H2,18,21). The summed E-state index contributed by atoms with van der Waals surface area (Å²) in [5, 5.41) is 0. The Kier molecular flexibility index (Phi) is 5.36. The van der Waals surface area contributed by atoms with Crippen molar-refractivity contribution in [2.45, 2.75) is 20.0 Å². The van der Waals surface area contributed by atoms with Crippen LogP contribution < -0.4 is 5.73 Å². The van der Waals surface area contributed by atoms with E-state index in [-0.39, 0.29) is 10.8 Å². The molecule has 0 atom stereocenters. The molecule has 0 spiro atoms. The zero-order chi connectivity index (χ0) is 15.2. The van der Waals surface area contributed by atoms with E-state index in [1.54, 1.807) is 24.4 Å². The maximum atomic E-state index is 14.3. The summed E-state index contributed by atoms with van der Waals surface area (Å²) in [6.07, 6.45) is 1.76. The molecule has 2 rings (SSSR count). The molecule has 0 saturated heterocycles. The van der Waals surface area contributed by atoms with Gasteiger partial charge in [0.2, 0.25) is 0 Å². The molecule has 2 aromatic rings. The Hall–Kier alpha value is -1.85. The second-order valence-corrected chi connectivity index (χ2v) is 5.21. The lowest BCUT2D eigenvalue weighted by atomic mass is 10.1. The lowest BCUT2D eigenvalue weighted by Gasteiger charge is -2.20. The second-order valence-electron chi connectivity index (χ2n) is 4.77. The van der Waals surface area contributed by atoms with Crippen LogP contribution in [0.5, 0.6) is 0 Å². The van der Waals surface area contributed by atoms with Gasteiger partial charge < -0.3 is 5.73 Å². The average molecular weight is 303 g/mol. The highest BCUT2D eigenvalue weighted by Crippen LogP contribution is 2.16. The number of hydrogen-bond donors (Lipinski definition) is 1. The lowest BCUT2D eigenvalue weighted by Crippen LogP contribution is -2.24. The summed E-state index contributed by atoms with van der Waals surface area (Å²) in [4.78, 5) is 6.50. The fraction of sp³-hybridized carbons (Fsp3) is 0.250. The zero-order valence-corrected chi connectivity index (χ0v) is 12.7. The van der Waals surface area contributed by atoms with Crippen LogP contribution >= 0.6 is 12.2 Å². The maximum absolute atomic E-state index is 14.3. The molecular weight excluding hydrogens is 285 g/mol. The second kappa shape index (κ2) is 7.24. The van der Waals surface area contributed by atoms with E-state index in [0.29, 0.717) is 24.2 Å². The van der Waals surface area contributed by atoms with E-state index in [4.69, 9.17) is 18.0 Å². The van der Waals surface area contributed by atoms with Crippen molar-refractivity contribution in [1.29, 1.82) is 0 Å². The Bertz CT molecular complexity index is 616. The van der Waals surface area contributed by atoms with Gasteiger partial charge in [0, 0.05) is 30.4 Å². The minimum Gasteiger partial charge on any atom is -0.389 e. The van der Waals surface area contributed by atoms with Crippen molar-refractivity contribution < 1.29 is 4.39 Å². The largest absolute Gasteiger partial charge is 0.389 e. The summed E-state index contributed by atoms with van der Waals surface area (Å²) in [6.45, 7) is 4.01. The third-order valence-corrected chi connectivity index (χ3v) is 3.52. The molecule has 5 heteroatoms. The molecule has 1 heterocycles. The van der Waals surface area contributed by atoms with Crippen molar-refractivity contribution in [1.82, 2.24) is 9.88 Å². The van der Waals surface area contributed by atoms with Crippen LogP contribution in [0.1, 0.15) is 23.7 Å². The Balaban J connectivity index is 2.15. The van der Waals surface area contributed by atoms with Gasteiger partial charge in [-0.2, -0.15) is 0 Å². The third-order valence-electron chi connectivity index (χ3n) is 3.30. The van der Waals surface area contributed by atoms with E-state index in [1.807, 2.05) is 25.1 Å². The number of rotatable bonds is 6. The predicted molar refractivity (Wildman–Crippen MR) is 86.3 cm³/mol. The number of halogens is 1. The van der Waals surface area contributed by atoms with Gasteiger partial charge in [-0.15, -0.1) is 0 Å². The Morgan fingerprint density at radius 3 is 2.67 bits per heavy atom. The molecule has 0 unspecified atom stereocenters. The Labute approximate surface area is 129 Å². The molecule has 21 heavy (non-hydrogen) atoms. The molecule has 110 valence electrons. The number of nitrogens with zero attached hydrogens (tertiary/aromatic N) is 2. The molecule has 0 bridgehead atoms. The van der Waals surface area contributed by atoms with Gasteiger partial charge in [-0.1, -0.05) is 37.3 Å². The average Bonchev–Trinajstić information content (AvgIpc) is 2.49. The molecule has 0 fully saturated rings. The van der Waals surface area contributed by atoms with Gasteiger partial charge in [0.15, 0.2) is 0 Å². The van der Waals surface area contributed by atoms with Gasteiger partial charge in [-0.3, -0.25) is 9.88 Å². The molecule has 1 aromatic heterocycles. The number of hydrogen-bond acceptors (Lipinski definition) is 3. The molecular formula is C16H18FN3S. The van der Waals surface area contributed by atoms with Crippen LogP contribution in [0, 0.1) is 5.82 Å². The molecule has 0 amide bonds. The zero-order valence-electron chi connectivity index (χ0n) is 11.9. The lowest BCUT2D eigenvalue weighted by molar-refractivity contribution is 0.264. The van der Waals surface area contributed by atoms with Crippen molar-refractivity contribution in [2.24, 2.45) is 5.73 Å². The van der Waals surface area contributed by atoms with E-state index < -0.39 is 0 Å². The summed E-state index contributed by atoms with van der Waals surface area (Å²) in [5.41, 5.74) is 7.40. The number of nitrogens with two attached hydrogens (primary N) is 1. The minimum atomic E-state index is -0.329. The van der Waals surface area contributed by atoms with E-state index in [9.17, 15) is 4.39 Å². The van der Waals surface area contributed by atoms with Crippen LogP contribution in [0.3, 0.4) is 0 Å². The van der Waals surface area contributed by atoms with Gasteiger partial charge in [0.1, 0.15) is 10.8 Å². The summed E-state index contributed by atoms with van der Waals surface area (Å²) >= 11 is 4.87. The fourth-order valence-corrected chi connectivity index (χ4v) is 2.29. The van der Waals surface area contributed by atoms with Crippen molar-refractivity contribution >= 4 is 17.2 Å². The number of aromatic nitrogens is 1. The maximum Gasteiger partial charge on any atom is 0.137 e. The molecule has 1 aromatic carbocycles. The van der Waals surface area contributed by atoms with Gasteiger partial charge in [0.25, 0.3) is 0 Å².